The zero-order valence-corrected chi connectivity index (χ0v) is 7.61. The molecule has 0 radical (unpaired) electrons. The maximum absolute atomic E-state index is 12.5. The van der Waals surface area contributed by atoms with Gasteiger partial charge in [-0.1, -0.05) is 0 Å². The molecular formula is C10H8F2O3. The molecule has 0 fully saturated rings. The second-order valence-electron chi connectivity index (χ2n) is 2.87. The van der Waals surface area contributed by atoms with Crippen molar-refractivity contribution in [2.24, 2.45) is 0 Å². The van der Waals surface area contributed by atoms with Crippen molar-refractivity contribution in [3.05, 3.63) is 34.4 Å². The largest absolute Gasteiger partial charge is 0.392 e. The zero-order valence-electron chi connectivity index (χ0n) is 7.61. The lowest BCUT2D eigenvalue weighted by Gasteiger charge is -2.09. The van der Waals surface area contributed by atoms with E-state index < -0.39 is 18.6 Å². The van der Waals surface area contributed by atoms with E-state index in [0.717, 1.165) is 12.1 Å². The summed E-state index contributed by atoms with van der Waals surface area (Å²) in [6.07, 6.45) is -2.12. The third-order valence-electron chi connectivity index (χ3n) is 2.00. The van der Waals surface area contributed by atoms with E-state index >= 15 is 0 Å². The Morgan fingerprint density at radius 1 is 1.27 bits per heavy atom. The van der Waals surface area contributed by atoms with Crippen molar-refractivity contribution in [3.63, 3.8) is 0 Å². The summed E-state index contributed by atoms with van der Waals surface area (Å²) >= 11 is 0. The van der Waals surface area contributed by atoms with Crippen molar-refractivity contribution in [3.8, 4) is 0 Å². The molecule has 15 heavy (non-hydrogen) atoms. The lowest BCUT2D eigenvalue weighted by Crippen LogP contribution is -2.02. The molecule has 0 aliphatic heterocycles. The van der Waals surface area contributed by atoms with Crippen LogP contribution in [0.15, 0.2) is 12.1 Å². The number of alkyl halides is 2. The molecule has 0 atom stereocenters. The molecule has 0 aliphatic carbocycles. The number of aliphatic hydroxyl groups is 1. The molecule has 1 N–H and O–H groups in total. The molecule has 1 rings (SSSR count). The fraction of sp³-hybridized carbons (Fsp3) is 0.200. The van der Waals surface area contributed by atoms with E-state index in [4.69, 9.17) is 5.11 Å². The van der Waals surface area contributed by atoms with Crippen LogP contribution in [-0.2, 0) is 6.61 Å². The Kier molecular flexibility index (Phi) is 3.62. The van der Waals surface area contributed by atoms with Gasteiger partial charge in [0.25, 0.3) is 6.43 Å². The molecule has 0 spiro atoms. The highest BCUT2D eigenvalue weighted by molar-refractivity contribution is 5.84. The van der Waals surface area contributed by atoms with Crippen molar-refractivity contribution in [1.82, 2.24) is 0 Å². The van der Waals surface area contributed by atoms with Crippen LogP contribution in [0.5, 0.6) is 0 Å². The third-order valence-corrected chi connectivity index (χ3v) is 2.00. The minimum atomic E-state index is -2.83. The first-order valence-corrected chi connectivity index (χ1v) is 4.10. The number of carbonyl (C=O) groups excluding carboxylic acids is 2. The maximum Gasteiger partial charge on any atom is 0.264 e. The fourth-order valence-corrected chi connectivity index (χ4v) is 1.29. The zero-order chi connectivity index (χ0) is 11.4. The second kappa shape index (κ2) is 4.75. The van der Waals surface area contributed by atoms with Gasteiger partial charge in [-0.15, -0.1) is 0 Å². The van der Waals surface area contributed by atoms with Gasteiger partial charge >= 0.3 is 0 Å². The van der Waals surface area contributed by atoms with Gasteiger partial charge < -0.3 is 5.11 Å². The van der Waals surface area contributed by atoms with E-state index in [1.165, 1.54) is 0 Å². The van der Waals surface area contributed by atoms with E-state index in [1.54, 1.807) is 0 Å². The SMILES string of the molecule is O=Cc1cc(C=O)c(CO)c(C(F)F)c1. The number of carbonyl (C=O) groups is 2. The van der Waals surface area contributed by atoms with Gasteiger partial charge in [-0.05, 0) is 17.7 Å². The number of hydrogen-bond acceptors (Lipinski definition) is 3. The number of benzene rings is 1. The highest BCUT2D eigenvalue weighted by Crippen LogP contribution is 2.26. The molecule has 5 heteroatoms. The van der Waals surface area contributed by atoms with E-state index in [0.29, 0.717) is 12.6 Å². The summed E-state index contributed by atoms with van der Waals surface area (Å²) in [5.74, 6) is 0. The standard InChI is InChI=1S/C10H8F2O3/c11-10(12)8-2-6(3-13)1-7(4-14)9(8)5-15/h1-4,10,15H,5H2. The first-order valence-electron chi connectivity index (χ1n) is 4.10. The number of hydrogen-bond donors (Lipinski definition) is 1. The Balaban J connectivity index is 3.45. The molecule has 0 aliphatic rings. The fourth-order valence-electron chi connectivity index (χ4n) is 1.29. The second-order valence-corrected chi connectivity index (χ2v) is 2.87. The molecule has 0 amide bonds. The topological polar surface area (TPSA) is 54.4 Å². The van der Waals surface area contributed by atoms with Crippen LogP contribution in [0.3, 0.4) is 0 Å². The summed E-state index contributed by atoms with van der Waals surface area (Å²) in [5.41, 5.74) is -0.711. The number of aldehydes is 2. The molecule has 0 saturated carbocycles. The van der Waals surface area contributed by atoms with Crippen molar-refractivity contribution in [2.45, 2.75) is 13.0 Å². The average molecular weight is 214 g/mol. The molecule has 3 nitrogen and oxygen atoms in total. The predicted octanol–water partition coefficient (Wildman–Crippen LogP) is 1.74. The molecule has 0 unspecified atom stereocenters. The molecule has 1 aromatic rings. The minimum Gasteiger partial charge on any atom is -0.392 e. The van der Waals surface area contributed by atoms with Gasteiger partial charge in [-0.3, -0.25) is 9.59 Å². The van der Waals surface area contributed by atoms with Gasteiger partial charge in [0, 0.05) is 16.7 Å². The molecule has 0 heterocycles. The Labute approximate surface area is 84.3 Å². The van der Waals surface area contributed by atoms with E-state index in [1.807, 2.05) is 0 Å². The first-order chi connectivity index (χ1) is 7.13. The Morgan fingerprint density at radius 3 is 2.33 bits per heavy atom. The normalized spacial score (nSPS) is 10.4. The smallest absolute Gasteiger partial charge is 0.264 e. The highest BCUT2D eigenvalue weighted by Gasteiger charge is 2.16. The quantitative estimate of drug-likeness (QED) is 0.776. The summed E-state index contributed by atoms with van der Waals surface area (Å²) in [5, 5.41) is 8.86. The lowest BCUT2D eigenvalue weighted by molar-refractivity contribution is 0.111. The van der Waals surface area contributed by atoms with Crippen molar-refractivity contribution >= 4 is 12.6 Å². The van der Waals surface area contributed by atoms with Gasteiger partial charge in [0.1, 0.15) is 12.6 Å². The molecule has 80 valence electrons. The van der Waals surface area contributed by atoms with Crippen LogP contribution in [0.4, 0.5) is 8.78 Å². The monoisotopic (exact) mass is 214 g/mol. The average Bonchev–Trinajstić information content (AvgIpc) is 2.26. The molecule has 0 aromatic heterocycles. The van der Waals surface area contributed by atoms with Crippen LogP contribution in [0.1, 0.15) is 38.3 Å². The Hall–Kier alpha value is -1.62. The summed E-state index contributed by atoms with van der Waals surface area (Å²) in [7, 11) is 0. The summed E-state index contributed by atoms with van der Waals surface area (Å²) < 4.78 is 25.0. The third kappa shape index (κ3) is 2.24. The van der Waals surface area contributed by atoms with Crippen molar-refractivity contribution < 1.29 is 23.5 Å². The van der Waals surface area contributed by atoms with E-state index in [9.17, 15) is 18.4 Å². The summed E-state index contributed by atoms with van der Waals surface area (Å²) in [4.78, 5) is 21.0. The van der Waals surface area contributed by atoms with Crippen molar-refractivity contribution in [2.75, 3.05) is 0 Å². The number of aliphatic hydroxyl groups excluding tert-OH is 1. The van der Waals surface area contributed by atoms with E-state index in [2.05, 4.69) is 0 Å². The predicted molar refractivity (Wildman–Crippen MR) is 48.1 cm³/mol. The number of rotatable bonds is 4. The van der Waals surface area contributed by atoms with Crippen LogP contribution in [0.25, 0.3) is 0 Å². The van der Waals surface area contributed by atoms with Gasteiger partial charge in [0.15, 0.2) is 0 Å². The molecular weight excluding hydrogens is 206 g/mol. The van der Waals surface area contributed by atoms with Gasteiger partial charge in [0.2, 0.25) is 0 Å². The highest BCUT2D eigenvalue weighted by atomic mass is 19.3. The van der Waals surface area contributed by atoms with Crippen LogP contribution < -0.4 is 0 Å². The van der Waals surface area contributed by atoms with Crippen LogP contribution in [-0.4, -0.2) is 17.7 Å². The van der Waals surface area contributed by atoms with E-state index in [-0.39, 0.29) is 16.7 Å². The Morgan fingerprint density at radius 2 is 1.93 bits per heavy atom. The van der Waals surface area contributed by atoms with Crippen LogP contribution in [0.2, 0.25) is 0 Å². The minimum absolute atomic E-state index is 0.00963. The Bertz CT molecular complexity index is 388. The molecule has 0 saturated heterocycles. The summed E-state index contributed by atoms with van der Waals surface area (Å²) in [6, 6.07) is 2.13. The van der Waals surface area contributed by atoms with Gasteiger partial charge in [0.05, 0.1) is 6.61 Å². The maximum atomic E-state index is 12.5. The van der Waals surface area contributed by atoms with Gasteiger partial charge in [-0.25, -0.2) is 8.78 Å². The van der Waals surface area contributed by atoms with Crippen LogP contribution >= 0.6 is 0 Å². The number of halogens is 2. The molecule has 1 aromatic carbocycles. The summed E-state index contributed by atoms with van der Waals surface area (Å²) in [6.45, 7) is -0.660. The molecule has 0 bridgehead atoms. The van der Waals surface area contributed by atoms with Crippen LogP contribution in [0, 0.1) is 0 Å². The van der Waals surface area contributed by atoms with Crippen molar-refractivity contribution in [1.29, 1.82) is 0 Å². The first kappa shape index (κ1) is 11.5. The lowest BCUT2D eigenvalue weighted by atomic mass is 9.99. The van der Waals surface area contributed by atoms with Gasteiger partial charge in [-0.2, -0.15) is 0 Å².